The Morgan fingerprint density at radius 3 is 2.47 bits per heavy atom. The van der Waals surface area contributed by atoms with Gasteiger partial charge in [0.15, 0.2) is 4.80 Å². The van der Waals surface area contributed by atoms with Gasteiger partial charge in [-0.2, -0.15) is 5.26 Å². The molecule has 0 fully saturated rings. The van der Waals surface area contributed by atoms with Gasteiger partial charge in [0.05, 0.1) is 41.2 Å². The highest BCUT2D eigenvalue weighted by molar-refractivity contribution is 7.07. The van der Waals surface area contributed by atoms with Crippen LogP contribution < -0.4 is 24.4 Å². The predicted molar refractivity (Wildman–Crippen MR) is 165 cm³/mol. The Balaban J connectivity index is 1.64. The highest BCUT2D eigenvalue weighted by atomic mass is 35.5. The third-order valence-corrected chi connectivity index (χ3v) is 8.19. The molecule has 0 aliphatic carbocycles. The molecule has 5 rings (SSSR count). The second-order valence-electron chi connectivity index (χ2n) is 9.47. The number of carbonyl (C=O) groups excluding carboxylic acids is 1. The summed E-state index contributed by atoms with van der Waals surface area (Å²) in [5.41, 5.74) is 2.81. The Hall–Kier alpha value is -4.36. The molecule has 218 valence electrons. The lowest BCUT2D eigenvalue weighted by Gasteiger charge is -2.26. The maximum absolute atomic E-state index is 14.1. The molecule has 1 aliphatic rings. The molecule has 0 radical (unpaired) electrons. The average molecular weight is 635 g/mol. The van der Waals surface area contributed by atoms with E-state index in [1.54, 1.807) is 68.5 Å². The first-order valence-corrected chi connectivity index (χ1v) is 14.8. The van der Waals surface area contributed by atoms with Gasteiger partial charge in [-0.3, -0.25) is 9.36 Å². The Morgan fingerprint density at radius 2 is 1.79 bits per heavy atom. The Kier molecular flexibility index (Phi) is 9.02. The van der Waals surface area contributed by atoms with Gasteiger partial charge in [0, 0.05) is 21.2 Å². The summed E-state index contributed by atoms with van der Waals surface area (Å²) in [6.07, 6.45) is 1.69. The van der Waals surface area contributed by atoms with Crippen LogP contribution in [-0.4, -0.2) is 24.3 Å². The zero-order valence-corrected chi connectivity index (χ0v) is 25.7. The third-order valence-electron chi connectivity index (χ3n) is 6.74. The number of methoxy groups -OCH3 is 1. The number of nitriles is 1. The van der Waals surface area contributed by atoms with Crippen LogP contribution >= 0.6 is 34.5 Å². The van der Waals surface area contributed by atoms with Crippen LogP contribution in [0.15, 0.2) is 81.7 Å². The number of benzene rings is 3. The Labute approximate surface area is 261 Å². The molecule has 1 aliphatic heterocycles. The van der Waals surface area contributed by atoms with E-state index >= 15 is 0 Å². The second kappa shape index (κ2) is 12.9. The van der Waals surface area contributed by atoms with Crippen molar-refractivity contribution < 1.29 is 19.0 Å². The molecule has 8 nitrogen and oxygen atoms in total. The van der Waals surface area contributed by atoms with Crippen LogP contribution in [0, 0.1) is 11.3 Å². The molecule has 43 heavy (non-hydrogen) atoms. The molecule has 11 heteroatoms. The summed E-state index contributed by atoms with van der Waals surface area (Å²) >= 11 is 13.9. The summed E-state index contributed by atoms with van der Waals surface area (Å²) in [6, 6.07) is 18.5. The van der Waals surface area contributed by atoms with E-state index in [2.05, 4.69) is 11.1 Å². The molecule has 0 amide bonds. The zero-order valence-electron chi connectivity index (χ0n) is 23.4. The molecule has 0 N–H and O–H groups in total. The number of nitrogens with zero attached hydrogens (tertiary/aromatic N) is 3. The van der Waals surface area contributed by atoms with E-state index in [4.69, 9.17) is 42.7 Å². The number of rotatable bonds is 8. The van der Waals surface area contributed by atoms with Crippen LogP contribution in [-0.2, 0) is 16.1 Å². The summed E-state index contributed by atoms with van der Waals surface area (Å²) in [5, 5.41) is 9.93. The van der Waals surface area contributed by atoms with Crippen molar-refractivity contribution in [3.8, 4) is 17.6 Å². The number of thiazole rings is 1. The summed E-state index contributed by atoms with van der Waals surface area (Å²) in [5.74, 6) is 0.378. The van der Waals surface area contributed by atoms with Gasteiger partial charge in [-0.1, -0.05) is 46.7 Å². The van der Waals surface area contributed by atoms with Crippen molar-refractivity contribution in [2.75, 3.05) is 13.7 Å². The van der Waals surface area contributed by atoms with Gasteiger partial charge in [0.25, 0.3) is 5.56 Å². The van der Waals surface area contributed by atoms with Crippen molar-refractivity contribution in [1.29, 1.82) is 5.26 Å². The molecule has 1 atom stereocenters. The van der Waals surface area contributed by atoms with E-state index < -0.39 is 12.0 Å². The molecular formula is C32H25Cl2N3O5S. The highest BCUT2D eigenvalue weighted by Gasteiger charge is 2.35. The molecular weight excluding hydrogens is 609 g/mol. The van der Waals surface area contributed by atoms with Crippen molar-refractivity contribution in [3.05, 3.63) is 124 Å². The number of aromatic nitrogens is 1. The maximum Gasteiger partial charge on any atom is 0.338 e. The van der Waals surface area contributed by atoms with Crippen LogP contribution in [0.2, 0.25) is 10.0 Å². The first-order chi connectivity index (χ1) is 20.7. The predicted octanol–water partition coefficient (Wildman–Crippen LogP) is 5.56. The van der Waals surface area contributed by atoms with E-state index in [0.717, 1.165) is 5.56 Å². The molecule has 1 aromatic heterocycles. The molecule has 0 saturated carbocycles. The molecule has 4 aromatic rings. The monoisotopic (exact) mass is 633 g/mol. The number of hydrogen-bond donors (Lipinski definition) is 0. The number of fused-ring (bicyclic) bond motifs is 1. The minimum Gasteiger partial charge on any atom is -0.496 e. The van der Waals surface area contributed by atoms with E-state index in [-0.39, 0.29) is 24.3 Å². The maximum atomic E-state index is 14.1. The van der Waals surface area contributed by atoms with Crippen LogP contribution in [0.1, 0.15) is 42.1 Å². The van der Waals surface area contributed by atoms with Crippen LogP contribution in [0.5, 0.6) is 11.5 Å². The summed E-state index contributed by atoms with van der Waals surface area (Å²) in [7, 11) is 1.51. The van der Waals surface area contributed by atoms with Gasteiger partial charge in [0.1, 0.15) is 24.1 Å². The average Bonchev–Trinajstić information content (AvgIpc) is 3.30. The van der Waals surface area contributed by atoms with Crippen LogP contribution in [0.3, 0.4) is 0 Å². The van der Waals surface area contributed by atoms with E-state index in [1.807, 2.05) is 12.1 Å². The molecule has 0 unspecified atom stereocenters. The minimum atomic E-state index is -0.891. The van der Waals surface area contributed by atoms with Crippen molar-refractivity contribution in [1.82, 2.24) is 4.57 Å². The van der Waals surface area contributed by atoms with Crippen LogP contribution in [0.4, 0.5) is 0 Å². The SMILES string of the molecule is CCOC(=O)C1=C(C)N=c2s/c(=C\c3cc(Cl)ccc3OCc3ccc(C#N)cc3)c(=O)n2[C@H]1c1cc(Cl)ccc1OC. The standard InChI is InChI=1S/C32H25Cl2N3O5S/c1-4-41-31(39)28-18(2)36-32-37(29(28)24-15-23(34)10-12-26(24)40-3)30(38)27(43-32)14-21-13-22(33)9-11-25(21)42-17-20-7-5-19(16-35)6-8-20/h5-15,29H,4,17H2,1-3H3/b27-14-/t29-/m0/s1. The van der Waals surface area contributed by atoms with Gasteiger partial charge in [-0.25, -0.2) is 9.79 Å². The fourth-order valence-corrected chi connectivity index (χ4v) is 6.14. The smallest absolute Gasteiger partial charge is 0.338 e. The number of hydrogen-bond acceptors (Lipinski definition) is 8. The molecule has 0 saturated heterocycles. The van der Waals surface area contributed by atoms with Gasteiger partial charge in [-0.05, 0) is 74.0 Å². The van der Waals surface area contributed by atoms with E-state index in [1.165, 1.54) is 23.0 Å². The minimum absolute atomic E-state index is 0.152. The van der Waals surface area contributed by atoms with Gasteiger partial charge in [-0.15, -0.1) is 0 Å². The molecule has 2 heterocycles. The lowest BCUT2D eigenvalue weighted by Crippen LogP contribution is -2.40. The number of halogens is 2. The Morgan fingerprint density at radius 1 is 1.09 bits per heavy atom. The molecule has 0 bridgehead atoms. The zero-order chi connectivity index (χ0) is 30.7. The first-order valence-electron chi connectivity index (χ1n) is 13.2. The first kappa shape index (κ1) is 30.1. The van der Waals surface area contributed by atoms with Crippen molar-refractivity contribution in [2.45, 2.75) is 26.5 Å². The lowest BCUT2D eigenvalue weighted by molar-refractivity contribution is -0.139. The largest absolute Gasteiger partial charge is 0.496 e. The van der Waals surface area contributed by atoms with E-state index in [9.17, 15) is 9.59 Å². The van der Waals surface area contributed by atoms with Gasteiger partial charge in [0.2, 0.25) is 0 Å². The van der Waals surface area contributed by atoms with Crippen molar-refractivity contribution >= 4 is 46.6 Å². The van der Waals surface area contributed by atoms with Crippen LogP contribution in [0.25, 0.3) is 6.08 Å². The summed E-state index contributed by atoms with van der Waals surface area (Å²) in [4.78, 5) is 32.3. The van der Waals surface area contributed by atoms with Gasteiger partial charge < -0.3 is 14.2 Å². The van der Waals surface area contributed by atoms with Crippen molar-refractivity contribution in [2.24, 2.45) is 4.99 Å². The highest BCUT2D eigenvalue weighted by Crippen LogP contribution is 2.37. The lowest BCUT2D eigenvalue weighted by atomic mass is 9.95. The number of carbonyl (C=O) groups is 1. The molecule has 3 aromatic carbocycles. The number of allylic oxidation sites excluding steroid dienone is 1. The second-order valence-corrected chi connectivity index (χ2v) is 11.4. The number of ether oxygens (including phenoxy) is 3. The van der Waals surface area contributed by atoms with E-state index in [0.29, 0.717) is 53.3 Å². The normalized spacial score (nSPS) is 14.5. The third kappa shape index (κ3) is 6.22. The fraction of sp³-hybridized carbons (Fsp3) is 0.188. The fourth-order valence-electron chi connectivity index (χ4n) is 4.75. The Bertz CT molecular complexity index is 1970. The quantitative estimate of drug-likeness (QED) is 0.235. The molecule has 0 spiro atoms. The van der Waals surface area contributed by atoms with Crippen molar-refractivity contribution in [3.63, 3.8) is 0 Å². The summed E-state index contributed by atoms with van der Waals surface area (Å²) in [6.45, 7) is 3.81. The van der Waals surface area contributed by atoms with Gasteiger partial charge >= 0.3 is 5.97 Å². The summed E-state index contributed by atoms with van der Waals surface area (Å²) < 4.78 is 18.9. The topological polar surface area (TPSA) is 103 Å². The number of esters is 1.